The molecule has 0 radical (unpaired) electrons. The molecule has 0 aromatic heterocycles. The summed E-state index contributed by atoms with van der Waals surface area (Å²) in [7, 11) is 1.44. The quantitative estimate of drug-likeness (QED) is 0.314. The smallest absolute Gasteiger partial charge is 0.416 e. The summed E-state index contributed by atoms with van der Waals surface area (Å²) in [5, 5.41) is 6.06. The number of hydrogen-bond donors (Lipinski definition) is 2. The van der Waals surface area contributed by atoms with Crippen LogP contribution in [-0.2, 0) is 18.1 Å². The van der Waals surface area contributed by atoms with Gasteiger partial charge in [-0.3, -0.25) is 0 Å². The molecule has 2 amide bonds. The van der Waals surface area contributed by atoms with Gasteiger partial charge in [-0.2, -0.15) is 13.2 Å². The predicted octanol–water partition coefficient (Wildman–Crippen LogP) is 7.23. The zero-order chi connectivity index (χ0) is 26.6. The van der Waals surface area contributed by atoms with Crippen molar-refractivity contribution in [2.45, 2.75) is 49.9 Å². The number of alkyl halides is 3. The van der Waals surface area contributed by atoms with Crippen molar-refractivity contribution in [1.29, 1.82) is 0 Å². The van der Waals surface area contributed by atoms with Crippen LogP contribution in [0.3, 0.4) is 0 Å². The maximum atomic E-state index is 14.7. The second-order valence-corrected chi connectivity index (χ2v) is 9.63. The number of urea groups is 1. The predicted molar refractivity (Wildman–Crippen MR) is 134 cm³/mol. The average molecular weight is 535 g/mol. The lowest BCUT2D eigenvalue weighted by atomic mass is 9.77. The molecule has 3 aromatic rings. The van der Waals surface area contributed by atoms with E-state index < -0.39 is 29.1 Å². The van der Waals surface area contributed by atoms with Gasteiger partial charge < -0.3 is 15.4 Å². The van der Waals surface area contributed by atoms with Gasteiger partial charge in [-0.15, -0.1) is 0 Å². The van der Waals surface area contributed by atoms with Crippen LogP contribution in [0.1, 0.15) is 47.9 Å². The minimum atomic E-state index is -4.79. The molecule has 1 atom stereocenters. The van der Waals surface area contributed by atoms with Crippen LogP contribution in [0.5, 0.6) is 5.75 Å². The van der Waals surface area contributed by atoms with Crippen LogP contribution in [0.4, 0.5) is 22.4 Å². The number of hydrogen-bond acceptors (Lipinski definition) is 2. The molecule has 3 aromatic carbocycles. The third-order valence-electron chi connectivity index (χ3n) is 6.69. The molecule has 9 heteroatoms. The normalized spacial score (nSPS) is 15.7. The Labute approximate surface area is 218 Å². The highest BCUT2D eigenvalue weighted by molar-refractivity contribution is 6.32. The van der Waals surface area contributed by atoms with E-state index in [2.05, 4.69) is 10.6 Å². The molecule has 0 saturated heterocycles. The van der Waals surface area contributed by atoms with E-state index in [9.17, 15) is 22.4 Å². The average Bonchev–Trinajstić information content (AvgIpc) is 3.36. The fourth-order valence-electron chi connectivity index (χ4n) is 4.88. The second-order valence-electron chi connectivity index (χ2n) is 9.22. The van der Waals surface area contributed by atoms with E-state index in [1.807, 2.05) is 0 Å². The van der Waals surface area contributed by atoms with Crippen LogP contribution >= 0.6 is 11.6 Å². The Balaban J connectivity index is 1.93. The maximum absolute atomic E-state index is 14.7. The van der Waals surface area contributed by atoms with E-state index >= 15 is 0 Å². The molecule has 2 N–H and O–H groups in total. The first-order chi connectivity index (χ1) is 17.6. The Morgan fingerprint density at radius 1 is 0.973 bits per heavy atom. The van der Waals surface area contributed by atoms with Gasteiger partial charge >= 0.3 is 12.2 Å². The van der Waals surface area contributed by atoms with Crippen LogP contribution in [0.15, 0.2) is 66.7 Å². The van der Waals surface area contributed by atoms with E-state index in [1.165, 1.54) is 13.2 Å². The molecule has 1 aliphatic rings. The van der Waals surface area contributed by atoms with Crippen molar-refractivity contribution >= 4 is 17.6 Å². The lowest BCUT2D eigenvalue weighted by Crippen LogP contribution is -2.53. The number of carbonyl (C=O) groups excluding carboxylic acids is 1. The summed E-state index contributed by atoms with van der Waals surface area (Å²) in [6, 6.07) is 15.4. The molecule has 1 unspecified atom stereocenters. The number of halogens is 5. The van der Waals surface area contributed by atoms with Gasteiger partial charge in [0.2, 0.25) is 0 Å². The molecule has 0 aliphatic heterocycles. The largest absolute Gasteiger partial charge is 0.495 e. The first-order valence-corrected chi connectivity index (χ1v) is 12.3. The van der Waals surface area contributed by atoms with E-state index in [1.54, 1.807) is 42.5 Å². The summed E-state index contributed by atoms with van der Waals surface area (Å²) in [5.74, 6) is -0.718. The molecule has 1 fully saturated rings. The molecule has 1 aliphatic carbocycles. The highest BCUT2D eigenvalue weighted by Crippen LogP contribution is 2.40. The van der Waals surface area contributed by atoms with Crippen molar-refractivity contribution in [2.24, 2.45) is 0 Å². The highest BCUT2D eigenvalue weighted by atomic mass is 35.5. The summed E-state index contributed by atoms with van der Waals surface area (Å²) in [4.78, 5) is 13.3. The van der Waals surface area contributed by atoms with E-state index in [-0.39, 0.29) is 23.0 Å². The summed E-state index contributed by atoms with van der Waals surface area (Å²) in [6.45, 7) is 0. The van der Waals surface area contributed by atoms with Gasteiger partial charge in [-0.1, -0.05) is 60.8 Å². The van der Waals surface area contributed by atoms with Crippen molar-refractivity contribution in [3.63, 3.8) is 0 Å². The monoisotopic (exact) mass is 534 g/mol. The molecule has 4 rings (SSSR count). The summed E-state index contributed by atoms with van der Waals surface area (Å²) < 4.78 is 61.3. The number of amides is 2. The summed E-state index contributed by atoms with van der Waals surface area (Å²) >= 11 is 6.43. The first-order valence-electron chi connectivity index (χ1n) is 12.0. The SMILES string of the molecule is COc1ccc(C(Cc2ccccc2)(NC(=O)NC2CCCC2)c2cc(F)cc(C(F)(F)F)c2)cc1Cl. The van der Waals surface area contributed by atoms with Gasteiger partial charge in [0.25, 0.3) is 0 Å². The van der Waals surface area contributed by atoms with Gasteiger partial charge in [0.05, 0.1) is 23.2 Å². The lowest BCUT2D eigenvalue weighted by Gasteiger charge is -2.37. The van der Waals surface area contributed by atoms with Crippen LogP contribution in [-0.4, -0.2) is 19.2 Å². The van der Waals surface area contributed by atoms with E-state index in [4.69, 9.17) is 16.3 Å². The maximum Gasteiger partial charge on any atom is 0.416 e. The van der Waals surface area contributed by atoms with Gasteiger partial charge in [0, 0.05) is 12.5 Å². The van der Waals surface area contributed by atoms with E-state index in [0.29, 0.717) is 22.9 Å². The van der Waals surface area contributed by atoms with Crippen molar-refractivity contribution in [3.05, 3.63) is 99.8 Å². The second kappa shape index (κ2) is 11.0. The summed E-state index contributed by atoms with van der Waals surface area (Å²) in [6.07, 6.45) is -1.17. The third kappa shape index (κ3) is 6.18. The van der Waals surface area contributed by atoms with Crippen LogP contribution in [0.2, 0.25) is 5.02 Å². The first kappa shape index (κ1) is 26.8. The Bertz CT molecular complexity index is 1250. The molecule has 196 valence electrons. The number of methoxy groups -OCH3 is 1. The molecule has 4 nitrogen and oxygen atoms in total. The highest BCUT2D eigenvalue weighted by Gasteiger charge is 2.40. The van der Waals surface area contributed by atoms with E-state index in [0.717, 1.165) is 37.8 Å². The number of ether oxygens (including phenoxy) is 1. The zero-order valence-corrected chi connectivity index (χ0v) is 20.9. The van der Waals surface area contributed by atoms with Crippen LogP contribution in [0.25, 0.3) is 0 Å². The number of carbonyl (C=O) groups is 1. The Morgan fingerprint density at radius 3 is 2.27 bits per heavy atom. The lowest BCUT2D eigenvalue weighted by molar-refractivity contribution is -0.137. The minimum Gasteiger partial charge on any atom is -0.495 e. The Kier molecular flexibility index (Phi) is 7.97. The van der Waals surface area contributed by atoms with Crippen molar-refractivity contribution in [3.8, 4) is 5.75 Å². The van der Waals surface area contributed by atoms with Gasteiger partial charge in [0.15, 0.2) is 0 Å². The minimum absolute atomic E-state index is 0.0370. The standard InChI is InChI=1S/C28H27ClF4N2O2/c1-37-25-12-11-19(16-24(25)29)27(17-18-7-3-2-4-8-18,35-26(36)34-23-9-5-6-10-23)20-13-21(28(31,32)33)15-22(30)14-20/h2-4,7-8,11-16,23H,5-6,9-10,17H2,1H3,(H2,34,35,36). The molecule has 0 bridgehead atoms. The molecular weight excluding hydrogens is 508 g/mol. The van der Waals surface area contributed by atoms with Gasteiger partial charge in [-0.05, 0) is 59.9 Å². The molecule has 0 heterocycles. The van der Waals surface area contributed by atoms with Crippen molar-refractivity contribution in [2.75, 3.05) is 7.11 Å². The zero-order valence-electron chi connectivity index (χ0n) is 20.2. The summed E-state index contributed by atoms with van der Waals surface area (Å²) in [5.41, 5.74) is -1.72. The third-order valence-corrected chi connectivity index (χ3v) is 6.99. The van der Waals surface area contributed by atoms with Crippen LogP contribution in [0, 0.1) is 5.82 Å². The van der Waals surface area contributed by atoms with Gasteiger partial charge in [-0.25, -0.2) is 9.18 Å². The molecule has 0 spiro atoms. The molecule has 1 saturated carbocycles. The van der Waals surface area contributed by atoms with Crippen molar-refractivity contribution in [1.82, 2.24) is 10.6 Å². The molecular formula is C28H27ClF4N2O2. The van der Waals surface area contributed by atoms with Crippen molar-refractivity contribution < 1.29 is 27.1 Å². The van der Waals surface area contributed by atoms with Gasteiger partial charge in [0.1, 0.15) is 11.6 Å². The molecule has 37 heavy (non-hydrogen) atoms. The van der Waals surface area contributed by atoms with Crippen LogP contribution < -0.4 is 15.4 Å². The number of nitrogens with one attached hydrogen (secondary N) is 2. The fourth-order valence-corrected chi connectivity index (χ4v) is 5.14. The Morgan fingerprint density at radius 2 is 1.65 bits per heavy atom. The number of rotatable bonds is 7. The number of benzene rings is 3. The fraction of sp³-hybridized carbons (Fsp3) is 0.321. The Hall–Kier alpha value is -3.26. The topological polar surface area (TPSA) is 50.4 Å².